The first-order valence-electron chi connectivity index (χ1n) is 16.7. The van der Waals surface area contributed by atoms with E-state index < -0.39 is 17.9 Å². The second kappa shape index (κ2) is 19.2. The molecule has 2 atom stereocenters. The van der Waals surface area contributed by atoms with Gasteiger partial charge in [-0.25, -0.2) is 11.1 Å². The number of nitrogens with zero attached hydrogens (tertiary/aromatic N) is 2. The molecule has 17 heteroatoms. The molecule has 0 aromatic heterocycles. The van der Waals surface area contributed by atoms with E-state index in [2.05, 4.69) is 53.8 Å². The molecule has 0 saturated heterocycles. The lowest BCUT2D eigenvalue weighted by molar-refractivity contribution is -0.137. The van der Waals surface area contributed by atoms with E-state index in [9.17, 15) is 19.2 Å². The second-order valence-corrected chi connectivity index (χ2v) is 13.2. The number of halogens is 2. The summed E-state index contributed by atoms with van der Waals surface area (Å²) in [6.07, 6.45) is 0.961. The zero-order valence-corrected chi connectivity index (χ0v) is 30.5. The van der Waals surface area contributed by atoms with Crippen LogP contribution < -0.4 is 43.6 Å². The van der Waals surface area contributed by atoms with Crippen LogP contribution in [0.4, 0.5) is 0 Å². The monoisotopic (exact) mass is 772 g/mol. The highest BCUT2D eigenvalue weighted by Crippen LogP contribution is 2.25. The Morgan fingerprint density at radius 2 is 1.06 bits per heavy atom. The number of amides is 2. The predicted molar refractivity (Wildman–Crippen MR) is 206 cm³/mol. The number of Topliss-reactive ketones (excluding diaryl/α,β-unsaturated/α-hetero) is 1. The molecule has 15 nitrogen and oxygen atoms in total. The van der Waals surface area contributed by atoms with Gasteiger partial charge in [0.1, 0.15) is 5.78 Å². The van der Waals surface area contributed by atoms with Crippen LogP contribution in [0.3, 0.4) is 0 Å². The third-order valence-electron chi connectivity index (χ3n) is 8.05. The number of rotatable bonds is 14. The van der Waals surface area contributed by atoms with Crippen molar-refractivity contribution in [2.45, 2.75) is 44.7 Å². The van der Waals surface area contributed by atoms with E-state index >= 15 is 0 Å². The topological polar surface area (TPSA) is 209 Å². The van der Waals surface area contributed by atoms with Gasteiger partial charge in [0.25, 0.3) is 11.8 Å². The number of benzene rings is 4. The van der Waals surface area contributed by atoms with Gasteiger partial charge >= 0.3 is 5.97 Å². The van der Waals surface area contributed by atoms with E-state index in [-0.39, 0.29) is 42.2 Å². The maximum Gasteiger partial charge on any atom is 0.305 e. The first-order valence-corrected chi connectivity index (χ1v) is 17.5. The third-order valence-corrected chi connectivity index (χ3v) is 8.52. The minimum atomic E-state index is -0.992. The molecule has 0 aliphatic carbocycles. The number of hydrogen-bond donors (Lipinski definition) is 9. The summed E-state index contributed by atoms with van der Waals surface area (Å²) in [5.74, 6) is -1.69. The van der Waals surface area contributed by atoms with Crippen molar-refractivity contribution in [1.29, 1.82) is 0 Å². The lowest BCUT2D eigenvalue weighted by Gasteiger charge is -2.17. The number of nitrogens with one attached hydrogen (secondary N) is 8. The van der Waals surface area contributed by atoms with Crippen LogP contribution >= 0.6 is 23.2 Å². The van der Waals surface area contributed by atoms with E-state index in [0.29, 0.717) is 22.9 Å². The highest BCUT2D eigenvalue weighted by Gasteiger charge is 2.22. The summed E-state index contributed by atoms with van der Waals surface area (Å²) in [5.41, 5.74) is 20.9. The van der Waals surface area contributed by atoms with Gasteiger partial charge < -0.3 is 15.7 Å². The van der Waals surface area contributed by atoms with Crippen molar-refractivity contribution in [2.75, 3.05) is 0 Å². The van der Waals surface area contributed by atoms with Gasteiger partial charge in [-0.3, -0.25) is 30.0 Å². The van der Waals surface area contributed by atoms with Gasteiger partial charge in [0, 0.05) is 28.5 Å². The van der Waals surface area contributed by atoms with Crippen LogP contribution in [-0.2, 0) is 32.0 Å². The highest BCUT2D eigenvalue weighted by atomic mass is 35.5. The SMILES string of the molecule is CC(=O)C[C@@H](Cc1ccc(-c2cccc(Cl)c2)cc1)NC(=O)C1=NNNN1.O=C(O)C[C@@H](Cc1ccc(-c2cccc(Cl)c2)cc1)NC(=O)C1=NNNN1. The van der Waals surface area contributed by atoms with Gasteiger partial charge in [-0.15, -0.1) is 21.3 Å². The molecule has 9 N–H and O–H groups in total. The normalized spacial score (nSPS) is 13.9. The Kier molecular flexibility index (Phi) is 13.9. The van der Waals surface area contributed by atoms with Crippen molar-refractivity contribution in [3.8, 4) is 22.3 Å². The van der Waals surface area contributed by atoms with Gasteiger partial charge in [0.2, 0.25) is 11.7 Å². The lowest BCUT2D eigenvalue weighted by Crippen LogP contribution is -2.47. The molecule has 0 spiro atoms. The molecule has 0 saturated carbocycles. The van der Waals surface area contributed by atoms with E-state index in [1.54, 1.807) is 0 Å². The molecule has 0 fully saturated rings. The average Bonchev–Trinajstić information content (AvgIpc) is 3.88. The maximum absolute atomic E-state index is 12.2. The minimum Gasteiger partial charge on any atom is -0.481 e. The van der Waals surface area contributed by atoms with Crippen molar-refractivity contribution in [3.05, 3.63) is 118 Å². The summed E-state index contributed by atoms with van der Waals surface area (Å²) in [6, 6.07) is 30.0. The van der Waals surface area contributed by atoms with Crippen molar-refractivity contribution >= 4 is 58.4 Å². The molecule has 0 radical (unpaired) electrons. The molecule has 6 rings (SSSR count). The summed E-state index contributed by atoms with van der Waals surface area (Å²) < 4.78 is 0. The molecular formula is C37H38Cl2N10O5. The van der Waals surface area contributed by atoms with Crippen molar-refractivity contribution in [2.24, 2.45) is 10.2 Å². The van der Waals surface area contributed by atoms with Gasteiger partial charge in [0.15, 0.2) is 0 Å². The van der Waals surface area contributed by atoms with Gasteiger partial charge in [-0.2, -0.15) is 0 Å². The van der Waals surface area contributed by atoms with Gasteiger partial charge in [0.05, 0.1) is 6.42 Å². The van der Waals surface area contributed by atoms with Gasteiger partial charge in [-0.05, 0) is 77.4 Å². The number of carbonyl (C=O) groups is 4. The number of ketones is 1. The molecular weight excluding hydrogens is 735 g/mol. The first kappa shape index (κ1) is 39.2. The highest BCUT2D eigenvalue weighted by molar-refractivity contribution is 6.38. The molecule has 2 aliphatic heterocycles. The lowest BCUT2D eigenvalue weighted by atomic mass is 9.98. The van der Waals surface area contributed by atoms with Gasteiger partial charge in [-0.1, -0.05) is 96.0 Å². The Balaban J connectivity index is 0.000000208. The van der Waals surface area contributed by atoms with Crippen LogP contribution in [0.5, 0.6) is 0 Å². The standard InChI is InChI=1S/C19H20ClN5O2.C18H18ClN5O3/c1-12(26)9-17(21-19(27)18-22-24-25-23-18)10-13-5-7-14(8-6-13)15-3-2-4-16(20)11-15;19-14-3-1-2-13(9-14)12-6-4-11(5-7-12)8-15(10-16(25)26)20-18(27)17-21-23-24-22-17/h2-8,11,17,24-25H,9-10H2,1H3,(H,21,27)(H,22,23);1-7,9,15,23-24H,8,10H2,(H,20,27)(H,21,22)(H,25,26)/t17-;15-/m01/s1. The average molecular weight is 774 g/mol. The number of hydrogen-bond acceptors (Lipinski definition) is 12. The summed E-state index contributed by atoms with van der Waals surface area (Å²) in [6.45, 7) is 1.51. The zero-order valence-electron chi connectivity index (χ0n) is 29.0. The quantitative estimate of drug-likeness (QED) is 0.0908. The number of aliphatic carboxylic acids is 1. The summed E-state index contributed by atoms with van der Waals surface area (Å²) in [7, 11) is 0. The molecule has 4 aromatic carbocycles. The zero-order chi connectivity index (χ0) is 38.5. The van der Waals surface area contributed by atoms with Crippen LogP contribution in [-0.4, -0.2) is 52.4 Å². The third kappa shape index (κ3) is 12.0. The van der Waals surface area contributed by atoms with Crippen LogP contribution in [0, 0.1) is 0 Å². The van der Waals surface area contributed by atoms with E-state index in [1.165, 1.54) is 6.92 Å². The number of amidine groups is 2. The Morgan fingerprint density at radius 3 is 1.41 bits per heavy atom. The van der Waals surface area contributed by atoms with Crippen LogP contribution in [0.15, 0.2) is 107 Å². The summed E-state index contributed by atoms with van der Waals surface area (Å²) in [4.78, 5) is 47.0. The van der Waals surface area contributed by atoms with E-state index in [1.807, 2.05) is 97.1 Å². The van der Waals surface area contributed by atoms with Crippen LogP contribution in [0.1, 0.15) is 30.9 Å². The Bertz CT molecular complexity index is 1880. The molecule has 0 bridgehead atoms. The first-order chi connectivity index (χ1) is 26.0. The Morgan fingerprint density at radius 1 is 0.630 bits per heavy atom. The van der Waals surface area contributed by atoms with Crippen LogP contribution in [0.25, 0.3) is 22.3 Å². The fraction of sp³-hybridized carbons (Fsp3) is 0.189. The number of hydrazine groups is 4. The van der Waals surface area contributed by atoms with Crippen molar-refractivity contribution in [1.82, 2.24) is 43.6 Å². The molecule has 2 heterocycles. The van der Waals surface area contributed by atoms with E-state index in [0.717, 1.165) is 33.4 Å². The van der Waals surface area contributed by atoms with Crippen molar-refractivity contribution < 1.29 is 24.3 Å². The second-order valence-electron chi connectivity index (χ2n) is 12.3. The fourth-order valence-corrected chi connectivity index (χ4v) is 5.98. The minimum absolute atomic E-state index is 0.00779. The molecule has 54 heavy (non-hydrogen) atoms. The fourth-order valence-electron chi connectivity index (χ4n) is 5.60. The number of carbonyl (C=O) groups excluding carboxylic acids is 3. The number of hydrazone groups is 2. The number of carboxylic acids is 1. The maximum atomic E-state index is 12.2. The Hall–Kier alpha value is -6.00. The van der Waals surface area contributed by atoms with Crippen molar-refractivity contribution in [3.63, 3.8) is 0 Å². The van der Waals surface area contributed by atoms with E-state index in [4.69, 9.17) is 28.3 Å². The Labute approximate surface area is 320 Å². The van der Waals surface area contributed by atoms with Crippen LogP contribution in [0.2, 0.25) is 10.0 Å². The predicted octanol–water partition coefficient (Wildman–Crippen LogP) is 3.37. The molecule has 4 aromatic rings. The largest absolute Gasteiger partial charge is 0.481 e. The molecule has 0 unspecified atom stereocenters. The summed E-state index contributed by atoms with van der Waals surface area (Å²) >= 11 is 12.1. The molecule has 2 amide bonds. The number of carboxylic acid groups (broad SMARTS) is 1. The summed E-state index contributed by atoms with van der Waals surface area (Å²) in [5, 5.41) is 23.5. The molecule has 280 valence electrons. The molecule has 2 aliphatic rings. The smallest absolute Gasteiger partial charge is 0.305 e.